The third-order valence-corrected chi connectivity index (χ3v) is 4.59. The Bertz CT molecular complexity index is 771. The molecule has 2 heterocycles. The molecule has 0 atom stereocenters. The van der Waals surface area contributed by atoms with Gasteiger partial charge in [-0.05, 0) is 30.3 Å². The van der Waals surface area contributed by atoms with Crippen LogP contribution in [-0.4, -0.2) is 66.4 Å². The number of methoxy groups -OCH3 is 1. The summed E-state index contributed by atoms with van der Waals surface area (Å²) >= 11 is 6.07. The van der Waals surface area contributed by atoms with E-state index in [0.717, 1.165) is 0 Å². The highest BCUT2D eigenvalue weighted by molar-refractivity contribution is 6.32. The number of rotatable bonds is 5. The van der Waals surface area contributed by atoms with Crippen LogP contribution in [0.5, 0.6) is 5.75 Å². The van der Waals surface area contributed by atoms with Crippen LogP contribution in [0.4, 0.5) is 5.69 Å². The molecule has 1 saturated heterocycles. The Hall–Kier alpha value is -2.51. The monoisotopic (exact) mass is 376 g/mol. The van der Waals surface area contributed by atoms with E-state index in [4.69, 9.17) is 16.3 Å². The Morgan fingerprint density at radius 3 is 2.62 bits per heavy atom. The molecule has 2 aromatic rings. The highest BCUT2D eigenvalue weighted by Gasteiger charge is 2.23. The molecule has 26 heavy (non-hydrogen) atoms. The lowest BCUT2D eigenvalue weighted by Crippen LogP contribution is -2.50. The average molecular weight is 377 g/mol. The SMILES string of the molecule is COc1ccc(NC(=O)CN2CCN(C(=O)c3ccc[nH]3)CC2)cc1Cl. The van der Waals surface area contributed by atoms with Crippen LogP contribution in [0.25, 0.3) is 0 Å². The van der Waals surface area contributed by atoms with E-state index in [9.17, 15) is 9.59 Å². The summed E-state index contributed by atoms with van der Waals surface area (Å²) in [7, 11) is 1.54. The number of nitrogens with one attached hydrogen (secondary N) is 2. The number of halogens is 1. The summed E-state index contributed by atoms with van der Waals surface area (Å²) in [5.74, 6) is 0.440. The molecule has 1 aromatic heterocycles. The Morgan fingerprint density at radius 1 is 1.23 bits per heavy atom. The second-order valence-electron chi connectivity index (χ2n) is 6.05. The molecule has 2 amide bonds. The van der Waals surface area contributed by atoms with E-state index < -0.39 is 0 Å². The van der Waals surface area contributed by atoms with Crippen molar-refractivity contribution in [1.29, 1.82) is 0 Å². The lowest BCUT2D eigenvalue weighted by atomic mass is 10.2. The molecule has 0 saturated carbocycles. The third-order valence-electron chi connectivity index (χ3n) is 4.29. The largest absolute Gasteiger partial charge is 0.495 e. The van der Waals surface area contributed by atoms with Gasteiger partial charge < -0.3 is 19.9 Å². The molecule has 2 N–H and O–H groups in total. The molecule has 7 nitrogen and oxygen atoms in total. The minimum absolute atomic E-state index is 0.00743. The van der Waals surface area contributed by atoms with Crippen molar-refractivity contribution in [2.75, 3.05) is 45.2 Å². The number of aromatic amines is 1. The van der Waals surface area contributed by atoms with Crippen molar-refractivity contribution in [3.8, 4) is 5.75 Å². The van der Waals surface area contributed by atoms with Gasteiger partial charge in [0.05, 0.1) is 18.7 Å². The first-order valence-electron chi connectivity index (χ1n) is 8.35. The van der Waals surface area contributed by atoms with Gasteiger partial charge in [-0.2, -0.15) is 0 Å². The van der Waals surface area contributed by atoms with Crippen molar-refractivity contribution in [3.63, 3.8) is 0 Å². The van der Waals surface area contributed by atoms with Gasteiger partial charge in [0.25, 0.3) is 5.91 Å². The van der Waals surface area contributed by atoms with E-state index in [0.29, 0.717) is 48.3 Å². The number of nitrogens with zero attached hydrogens (tertiary/aromatic N) is 2. The number of anilines is 1. The first-order valence-corrected chi connectivity index (χ1v) is 8.73. The van der Waals surface area contributed by atoms with E-state index >= 15 is 0 Å². The number of carbonyl (C=O) groups excluding carboxylic acids is 2. The zero-order valence-corrected chi connectivity index (χ0v) is 15.3. The van der Waals surface area contributed by atoms with E-state index in [1.54, 1.807) is 48.5 Å². The predicted octanol–water partition coefficient (Wildman–Crippen LogP) is 2.07. The topological polar surface area (TPSA) is 77.7 Å². The average Bonchev–Trinajstić information content (AvgIpc) is 3.16. The number of ether oxygens (including phenoxy) is 1. The molecule has 138 valence electrons. The first-order chi connectivity index (χ1) is 12.6. The van der Waals surface area contributed by atoms with Gasteiger partial charge >= 0.3 is 0 Å². The summed E-state index contributed by atoms with van der Waals surface area (Å²) in [5, 5.41) is 3.28. The van der Waals surface area contributed by atoms with Crippen LogP contribution in [0.3, 0.4) is 0 Å². The molecule has 0 radical (unpaired) electrons. The zero-order valence-electron chi connectivity index (χ0n) is 14.5. The molecule has 0 unspecified atom stereocenters. The number of H-pyrrole nitrogens is 1. The molecular formula is C18H21ClN4O3. The second-order valence-corrected chi connectivity index (χ2v) is 6.46. The number of piperazine rings is 1. The molecule has 1 aliphatic rings. The Morgan fingerprint density at radius 2 is 2.00 bits per heavy atom. The second kappa shape index (κ2) is 8.25. The van der Waals surface area contributed by atoms with Crippen LogP contribution in [0.1, 0.15) is 10.5 Å². The molecule has 1 fully saturated rings. The molecule has 0 aliphatic carbocycles. The van der Waals surface area contributed by atoms with Gasteiger partial charge in [-0.25, -0.2) is 0 Å². The van der Waals surface area contributed by atoms with Gasteiger partial charge in [-0.3, -0.25) is 14.5 Å². The van der Waals surface area contributed by atoms with Crippen LogP contribution in [-0.2, 0) is 4.79 Å². The first kappa shape index (κ1) is 18.3. The number of hydrogen-bond acceptors (Lipinski definition) is 4. The van der Waals surface area contributed by atoms with Crippen molar-refractivity contribution in [1.82, 2.24) is 14.8 Å². The zero-order chi connectivity index (χ0) is 18.5. The van der Waals surface area contributed by atoms with Crippen LogP contribution >= 0.6 is 11.6 Å². The van der Waals surface area contributed by atoms with Crippen molar-refractivity contribution in [3.05, 3.63) is 47.2 Å². The molecule has 3 rings (SSSR count). The van der Waals surface area contributed by atoms with Crippen LogP contribution in [0.2, 0.25) is 5.02 Å². The summed E-state index contributed by atoms with van der Waals surface area (Å²) in [6.45, 7) is 2.78. The fourth-order valence-corrected chi connectivity index (χ4v) is 3.15. The van der Waals surface area contributed by atoms with Crippen molar-refractivity contribution < 1.29 is 14.3 Å². The van der Waals surface area contributed by atoms with Crippen molar-refractivity contribution in [2.24, 2.45) is 0 Å². The summed E-state index contributed by atoms with van der Waals surface area (Å²) in [4.78, 5) is 31.3. The lowest BCUT2D eigenvalue weighted by molar-refractivity contribution is -0.117. The summed E-state index contributed by atoms with van der Waals surface area (Å²) in [6, 6.07) is 8.69. The normalized spacial score (nSPS) is 14.9. The van der Waals surface area contributed by atoms with Crippen LogP contribution < -0.4 is 10.1 Å². The molecular weight excluding hydrogens is 356 g/mol. The van der Waals surface area contributed by atoms with Gasteiger partial charge in [0.15, 0.2) is 0 Å². The Balaban J connectivity index is 1.47. The van der Waals surface area contributed by atoms with Gasteiger partial charge in [-0.15, -0.1) is 0 Å². The summed E-state index contributed by atoms with van der Waals surface area (Å²) in [6.07, 6.45) is 1.74. The van der Waals surface area contributed by atoms with Crippen LogP contribution in [0.15, 0.2) is 36.5 Å². The number of hydrogen-bond donors (Lipinski definition) is 2. The maximum absolute atomic E-state index is 12.3. The quantitative estimate of drug-likeness (QED) is 0.837. The summed E-state index contributed by atoms with van der Waals surface area (Å²) < 4.78 is 5.10. The number of aromatic nitrogens is 1. The maximum atomic E-state index is 12.3. The van der Waals surface area contributed by atoms with Crippen molar-refractivity contribution >= 4 is 29.1 Å². The molecule has 0 spiro atoms. The van der Waals surface area contributed by atoms with Gasteiger partial charge in [0, 0.05) is 38.1 Å². The third kappa shape index (κ3) is 4.36. The summed E-state index contributed by atoms with van der Waals surface area (Å²) in [5.41, 5.74) is 1.22. The van der Waals surface area contributed by atoms with E-state index in [2.05, 4.69) is 10.3 Å². The van der Waals surface area contributed by atoms with Crippen molar-refractivity contribution in [2.45, 2.75) is 0 Å². The number of benzene rings is 1. The van der Waals surface area contributed by atoms with E-state index in [1.807, 2.05) is 4.90 Å². The van der Waals surface area contributed by atoms with Crippen LogP contribution in [0, 0.1) is 0 Å². The van der Waals surface area contributed by atoms with Gasteiger partial charge in [-0.1, -0.05) is 11.6 Å². The molecule has 1 aliphatic heterocycles. The minimum Gasteiger partial charge on any atom is -0.495 e. The fourth-order valence-electron chi connectivity index (χ4n) is 2.89. The minimum atomic E-state index is -0.115. The molecule has 0 bridgehead atoms. The van der Waals surface area contributed by atoms with E-state index in [-0.39, 0.29) is 18.4 Å². The Kier molecular flexibility index (Phi) is 5.80. The molecule has 1 aromatic carbocycles. The predicted molar refractivity (Wildman–Crippen MR) is 99.8 cm³/mol. The lowest BCUT2D eigenvalue weighted by Gasteiger charge is -2.34. The van der Waals surface area contributed by atoms with Gasteiger partial charge in [0.1, 0.15) is 11.4 Å². The smallest absolute Gasteiger partial charge is 0.270 e. The highest BCUT2D eigenvalue weighted by atomic mass is 35.5. The highest BCUT2D eigenvalue weighted by Crippen LogP contribution is 2.27. The fraction of sp³-hybridized carbons (Fsp3) is 0.333. The van der Waals surface area contributed by atoms with E-state index in [1.165, 1.54) is 0 Å². The maximum Gasteiger partial charge on any atom is 0.270 e. The number of carbonyl (C=O) groups is 2. The number of amides is 2. The van der Waals surface area contributed by atoms with Gasteiger partial charge in [0.2, 0.25) is 5.91 Å². The molecule has 8 heteroatoms. The Labute approximate surface area is 156 Å². The standard InChI is InChI=1S/C18H21ClN4O3/c1-26-16-5-4-13(11-14(16)19)21-17(24)12-22-7-9-23(10-8-22)18(25)15-3-2-6-20-15/h2-6,11,20H,7-10,12H2,1H3,(H,21,24).